The zero-order valence-corrected chi connectivity index (χ0v) is 22.4. The fourth-order valence-corrected chi connectivity index (χ4v) is 5.01. The predicted octanol–water partition coefficient (Wildman–Crippen LogP) is 4.56. The highest BCUT2D eigenvalue weighted by Gasteiger charge is 2.20. The lowest BCUT2D eigenvalue weighted by atomic mass is 10.1. The number of ether oxygens (including phenoxy) is 1. The number of aromatic nitrogens is 4. The number of amides is 2. The number of anilines is 3. The molecular weight excluding hydrogens is 492 g/mol. The summed E-state index contributed by atoms with van der Waals surface area (Å²) in [5.74, 6) is 2.40. The number of hydrogen-bond acceptors (Lipinski definition) is 7. The van der Waals surface area contributed by atoms with Crippen LogP contribution >= 0.6 is 0 Å². The first-order chi connectivity index (χ1) is 18.9. The number of fused-ring (bicyclic) bond motifs is 2. The van der Waals surface area contributed by atoms with Gasteiger partial charge in [0.05, 0.1) is 17.5 Å². The van der Waals surface area contributed by atoms with Gasteiger partial charge in [-0.1, -0.05) is 0 Å². The molecule has 4 aromatic rings. The topological polar surface area (TPSA) is 100 Å². The van der Waals surface area contributed by atoms with Gasteiger partial charge < -0.3 is 29.7 Å². The molecule has 2 aliphatic rings. The second kappa shape index (κ2) is 10.4. The molecule has 2 amide bonds. The minimum atomic E-state index is -0.0904. The van der Waals surface area contributed by atoms with Crippen LogP contribution in [0, 0.1) is 6.92 Å². The highest BCUT2D eigenvalue weighted by atomic mass is 16.5. The third-order valence-corrected chi connectivity index (χ3v) is 7.35. The van der Waals surface area contributed by atoms with Crippen molar-refractivity contribution in [2.45, 2.75) is 19.8 Å². The number of nitrogens with zero attached hydrogens (tertiary/aromatic N) is 6. The molecule has 10 heteroatoms. The smallest absolute Gasteiger partial charge is 0.321 e. The number of aryl methyl sites for hydroxylation is 2. The molecule has 6 rings (SSSR count). The molecule has 1 saturated heterocycles. The summed E-state index contributed by atoms with van der Waals surface area (Å²) < 4.78 is 8.31. The minimum Gasteiger partial charge on any atom is -0.461 e. The number of likely N-dealkylation sites (N-methyl/N-ethyl adjacent to an activating group) is 1. The molecule has 0 saturated carbocycles. The van der Waals surface area contributed by atoms with Crippen LogP contribution in [0.5, 0.6) is 5.75 Å². The Morgan fingerprint density at radius 3 is 2.59 bits per heavy atom. The summed E-state index contributed by atoms with van der Waals surface area (Å²) in [6.45, 7) is 5.21. The van der Waals surface area contributed by atoms with Gasteiger partial charge in [-0.3, -0.25) is 0 Å². The number of rotatable bonds is 5. The Bertz CT molecular complexity index is 1570. The molecule has 2 aromatic carbocycles. The zero-order chi connectivity index (χ0) is 26.9. The van der Waals surface area contributed by atoms with E-state index in [1.807, 2.05) is 67.7 Å². The highest BCUT2D eigenvalue weighted by Crippen LogP contribution is 2.31. The van der Waals surface area contributed by atoms with Gasteiger partial charge in [0.25, 0.3) is 0 Å². The molecule has 200 valence electrons. The van der Waals surface area contributed by atoms with Crippen LogP contribution in [0.25, 0.3) is 17.0 Å². The quantitative estimate of drug-likeness (QED) is 0.395. The fourth-order valence-electron chi connectivity index (χ4n) is 5.01. The lowest BCUT2D eigenvalue weighted by Crippen LogP contribution is -2.48. The molecule has 0 bridgehead atoms. The van der Waals surface area contributed by atoms with Gasteiger partial charge in [-0.25, -0.2) is 19.7 Å². The first-order valence-electron chi connectivity index (χ1n) is 13.2. The highest BCUT2D eigenvalue weighted by molar-refractivity contribution is 5.96. The lowest BCUT2D eigenvalue weighted by molar-refractivity contribution is 0.164. The first kappa shape index (κ1) is 24.9. The van der Waals surface area contributed by atoms with Gasteiger partial charge >= 0.3 is 6.03 Å². The van der Waals surface area contributed by atoms with E-state index in [9.17, 15) is 4.79 Å². The molecule has 0 spiro atoms. The third kappa shape index (κ3) is 5.28. The van der Waals surface area contributed by atoms with Crippen LogP contribution in [0.2, 0.25) is 0 Å². The van der Waals surface area contributed by atoms with Crippen molar-refractivity contribution in [3.05, 3.63) is 71.8 Å². The molecule has 1 aliphatic heterocycles. The molecule has 1 aliphatic carbocycles. The molecule has 0 unspecified atom stereocenters. The largest absolute Gasteiger partial charge is 0.461 e. The van der Waals surface area contributed by atoms with E-state index in [0.717, 1.165) is 65.3 Å². The molecular formula is C29H32N8O2. The van der Waals surface area contributed by atoms with Crippen molar-refractivity contribution >= 4 is 40.2 Å². The molecule has 0 atom stereocenters. The Labute approximate surface area is 227 Å². The third-order valence-electron chi connectivity index (χ3n) is 7.35. The Morgan fingerprint density at radius 2 is 1.77 bits per heavy atom. The summed E-state index contributed by atoms with van der Waals surface area (Å²) in [4.78, 5) is 30.2. The number of nitrogens with one attached hydrogen (secondary N) is 2. The summed E-state index contributed by atoms with van der Waals surface area (Å²) in [6.07, 6.45) is 7.16. The van der Waals surface area contributed by atoms with Gasteiger partial charge in [-0.05, 0) is 62.4 Å². The van der Waals surface area contributed by atoms with Crippen molar-refractivity contribution in [1.29, 1.82) is 0 Å². The lowest BCUT2D eigenvalue weighted by Gasteiger charge is -2.32. The number of carbonyl (C=O) groups is 1. The molecule has 2 N–H and O–H groups in total. The van der Waals surface area contributed by atoms with Crippen LogP contribution in [-0.4, -0.2) is 68.6 Å². The Kier molecular flexibility index (Phi) is 6.62. The molecule has 39 heavy (non-hydrogen) atoms. The van der Waals surface area contributed by atoms with Gasteiger partial charge in [-0.15, -0.1) is 0 Å². The van der Waals surface area contributed by atoms with Crippen LogP contribution in [0.15, 0.2) is 54.8 Å². The molecule has 0 radical (unpaired) electrons. The summed E-state index contributed by atoms with van der Waals surface area (Å²) >= 11 is 0. The van der Waals surface area contributed by atoms with E-state index < -0.39 is 0 Å². The van der Waals surface area contributed by atoms with E-state index >= 15 is 0 Å². The van der Waals surface area contributed by atoms with Gasteiger partial charge in [0, 0.05) is 68.2 Å². The normalized spacial score (nSPS) is 15.6. The Morgan fingerprint density at radius 1 is 0.949 bits per heavy atom. The van der Waals surface area contributed by atoms with E-state index in [1.54, 1.807) is 6.33 Å². The van der Waals surface area contributed by atoms with Crippen LogP contribution in [0.4, 0.5) is 22.0 Å². The molecule has 10 nitrogen and oxygen atoms in total. The maximum Gasteiger partial charge on any atom is 0.321 e. The Hall–Kier alpha value is -4.44. The van der Waals surface area contributed by atoms with Crippen molar-refractivity contribution in [2.75, 3.05) is 43.9 Å². The molecule has 1 fully saturated rings. The second-order valence-electron chi connectivity index (χ2n) is 10.2. The monoisotopic (exact) mass is 524 g/mol. The van der Waals surface area contributed by atoms with Crippen LogP contribution < -0.4 is 15.4 Å². The summed E-state index contributed by atoms with van der Waals surface area (Å²) in [7, 11) is 4.09. The van der Waals surface area contributed by atoms with Gasteiger partial charge in [0.15, 0.2) is 0 Å². The van der Waals surface area contributed by atoms with Crippen molar-refractivity contribution in [3.63, 3.8) is 0 Å². The zero-order valence-electron chi connectivity index (χ0n) is 22.4. The Balaban J connectivity index is 1.18. The maximum atomic E-state index is 12.8. The minimum absolute atomic E-state index is 0.0904. The van der Waals surface area contributed by atoms with Crippen LogP contribution in [-0.2, 0) is 13.5 Å². The van der Waals surface area contributed by atoms with Crippen LogP contribution in [0.1, 0.15) is 23.4 Å². The summed E-state index contributed by atoms with van der Waals surface area (Å²) in [6, 6.07) is 11.6. The van der Waals surface area contributed by atoms with Gasteiger partial charge in [0.1, 0.15) is 23.7 Å². The average Bonchev–Trinajstić information content (AvgIpc) is 3.30. The first-order valence-corrected chi connectivity index (χ1v) is 13.2. The number of urea groups is 1. The molecule has 3 heterocycles. The van der Waals surface area contributed by atoms with E-state index in [1.165, 1.54) is 5.69 Å². The molecule has 2 aromatic heterocycles. The van der Waals surface area contributed by atoms with E-state index in [2.05, 4.69) is 42.1 Å². The van der Waals surface area contributed by atoms with Crippen molar-refractivity contribution < 1.29 is 9.53 Å². The SMILES string of the molecule is Cc1cc(Nc2ncnc3ccc(NC(=O)N4CCN(C)CC4)cc23)ccc1OC1=Cc2ncn(C)c2CC1. The number of hydrogen-bond donors (Lipinski definition) is 2. The summed E-state index contributed by atoms with van der Waals surface area (Å²) in [5, 5.41) is 7.27. The average molecular weight is 525 g/mol. The van der Waals surface area contributed by atoms with Crippen molar-refractivity contribution in [2.24, 2.45) is 7.05 Å². The number of piperazine rings is 1. The van der Waals surface area contributed by atoms with E-state index in [-0.39, 0.29) is 6.03 Å². The number of carbonyl (C=O) groups excluding carboxylic acids is 1. The maximum absolute atomic E-state index is 12.8. The van der Waals surface area contributed by atoms with E-state index in [4.69, 9.17) is 4.74 Å². The van der Waals surface area contributed by atoms with Crippen molar-refractivity contribution in [3.8, 4) is 5.75 Å². The van der Waals surface area contributed by atoms with E-state index in [0.29, 0.717) is 24.6 Å². The number of imidazole rings is 1. The number of benzene rings is 2. The van der Waals surface area contributed by atoms with Gasteiger partial charge in [0.2, 0.25) is 0 Å². The summed E-state index contributed by atoms with van der Waals surface area (Å²) in [5.41, 5.74) is 5.60. The van der Waals surface area contributed by atoms with Crippen LogP contribution in [0.3, 0.4) is 0 Å². The number of allylic oxidation sites excluding steroid dienone is 1. The van der Waals surface area contributed by atoms with Crippen molar-refractivity contribution in [1.82, 2.24) is 29.3 Å². The van der Waals surface area contributed by atoms with Gasteiger partial charge in [-0.2, -0.15) is 0 Å². The second-order valence-corrected chi connectivity index (χ2v) is 10.2. The standard InChI is InChI=1S/C29H32N8O2/c1-19-14-20(5-9-27(19)39-22-6-8-26-25(16-22)32-18-36(26)3)33-28-23-15-21(4-7-24(23)30-17-31-28)34-29(38)37-12-10-35(2)11-13-37/h4-5,7,9,14-18H,6,8,10-13H2,1-3H3,(H,34,38)(H,30,31,33). The fraction of sp³-hybridized carbons (Fsp3) is 0.310. The predicted molar refractivity (Wildman–Crippen MR) is 152 cm³/mol.